The van der Waals surface area contributed by atoms with Crippen LogP contribution in [0.4, 0.5) is 31.7 Å². The lowest BCUT2D eigenvalue weighted by molar-refractivity contribution is -0.133. The second kappa shape index (κ2) is 11.5. The molecule has 44 heavy (non-hydrogen) atoms. The van der Waals surface area contributed by atoms with Gasteiger partial charge in [-0.1, -0.05) is 18.2 Å². The van der Waals surface area contributed by atoms with Crippen LogP contribution in [0, 0.1) is 0 Å². The number of rotatable bonds is 8. The Hall–Kier alpha value is -4.61. The van der Waals surface area contributed by atoms with Gasteiger partial charge in [0, 0.05) is 69.0 Å². The highest BCUT2D eigenvalue weighted by atomic mass is 19.3. The van der Waals surface area contributed by atoms with Gasteiger partial charge in [-0.25, -0.2) is 13.8 Å². The molecule has 4 heterocycles. The van der Waals surface area contributed by atoms with Gasteiger partial charge >= 0.3 is 0 Å². The molecular weight excluding hydrogens is 566 g/mol. The van der Waals surface area contributed by atoms with Crippen molar-refractivity contribution in [2.45, 2.75) is 25.5 Å². The number of alkyl halides is 2. The van der Waals surface area contributed by atoms with Crippen LogP contribution in [0.15, 0.2) is 71.8 Å². The number of benzene rings is 2. The summed E-state index contributed by atoms with van der Waals surface area (Å²) in [6.45, 7) is 0.0242. The third-order valence-corrected chi connectivity index (χ3v) is 8.18. The number of pyridine rings is 2. The molecule has 0 spiro atoms. The molecule has 11 heteroatoms. The summed E-state index contributed by atoms with van der Waals surface area (Å²) < 4.78 is 27.8. The van der Waals surface area contributed by atoms with Gasteiger partial charge in [-0.3, -0.25) is 14.5 Å². The molecular formula is C33H34F2N6O3. The van der Waals surface area contributed by atoms with Gasteiger partial charge in [-0.15, -0.1) is 0 Å². The highest BCUT2D eigenvalue weighted by Gasteiger charge is 2.43. The summed E-state index contributed by atoms with van der Waals surface area (Å²) in [5.41, 5.74) is 6.05. The van der Waals surface area contributed by atoms with Crippen molar-refractivity contribution in [3.05, 3.63) is 99.6 Å². The normalized spacial score (nSPS) is 16.0. The monoisotopic (exact) mass is 600 g/mol. The van der Waals surface area contributed by atoms with Crippen LogP contribution in [0.3, 0.4) is 0 Å². The van der Waals surface area contributed by atoms with Crippen molar-refractivity contribution < 1.29 is 18.7 Å². The molecule has 0 bridgehead atoms. The van der Waals surface area contributed by atoms with Crippen LogP contribution in [0.25, 0.3) is 11.1 Å². The first-order valence-electron chi connectivity index (χ1n) is 14.4. The molecule has 2 aromatic carbocycles. The van der Waals surface area contributed by atoms with Crippen molar-refractivity contribution in [2.24, 2.45) is 7.05 Å². The Labute approximate surface area is 254 Å². The standard InChI is InChI=1S/C33H34F2N6O3/c1-38(2)24-8-9-26-22(13-24)11-12-41(31(26)43)29-6-4-5-25(27(29)18-42)23-14-28(32(44)39(3)17-23)37-30-10-7-21(15-36-30)16-40-19-33(34,35)20-40/h4-10,13-15,17,42H,11-12,16,18-20H2,1-3H3,(H,36,37). The van der Waals surface area contributed by atoms with Gasteiger partial charge in [0.15, 0.2) is 0 Å². The number of likely N-dealkylation sites (tertiary alicyclic amines) is 1. The zero-order valence-corrected chi connectivity index (χ0v) is 24.8. The van der Waals surface area contributed by atoms with E-state index in [1.54, 1.807) is 47.4 Å². The summed E-state index contributed by atoms with van der Waals surface area (Å²) in [6, 6.07) is 16.6. The first-order valence-corrected chi connectivity index (χ1v) is 14.4. The van der Waals surface area contributed by atoms with Gasteiger partial charge in [0.25, 0.3) is 17.4 Å². The summed E-state index contributed by atoms with van der Waals surface area (Å²) in [7, 11) is 5.58. The molecule has 9 nitrogen and oxygen atoms in total. The lowest BCUT2D eigenvalue weighted by Gasteiger charge is -2.38. The fourth-order valence-corrected chi connectivity index (χ4v) is 5.90. The number of nitrogens with zero attached hydrogens (tertiary/aromatic N) is 5. The Balaban J connectivity index is 1.27. The minimum atomic E-state index is -2.62. The van der Waals surface area contributed by atoms with Crippen LogP contribution in [-0.4, -0.2) is 65.1 Å². The molecule has 0 radical (unpaired) electrons. The summed E-state index contributed by atoms with van der Waals surface area (Å²) in [6.07, 6.45) is 3.98. The molecule has 1 fully saturated rings. The zero-order valence-electron chi connectivity index (χ0n) is 24.8. The van der Waals surface area contributed by atoms with Crippen LogP contribution >= 0.6 is 0 Å². The SMILES string of the molecule is CN(C)c1ccc2c(c1)CCN(c1cccc(-c3cc(Nc4ccc(CN5CC(F)(F)C5)cn4)c(=O)n(C)c3)c1CO)C2=O. The summed E-state index contributed by atoms with van der Waals surface area (Å²) in [5.74, 6) is -2.31. The maximum absolute atomic E-state index is 13.6. The Morgan fingerprint density at radius 3 is 2.52 bits per heavy atom. The molecule has 0 atom stereocenters. The highest BCUT2D eigenvalue weighted by molar-refractivity contribution is 6.09. The van der Waals surface area contributed by atoms with Crippen molar-refractivity contribution in [1.82, 2.24) is 14.5 Å². The predicted molar refractivity (Wildman–Crippen MR) is 167 cm³/mol. The number of amides is 1. The molecule has 6 rings (SSSR count). The maximum Gasteiger partial charge on any atom is 0.274 e. The third kappa shape index (κ3) is 5.68. The summed E-state index contributed by atoms with van der Waals surface area (Å²) in [4.78, 5) is 36.4. The van der Waals surface area contributed by atoms with Gasteiger partial charge in [0.05, 0.1) is 25.4 Å². The van der Waals surface area contributed by atoms with Crippen LogP contribution in [-0.2, 0) is 26.6 Å². The molecule has 2 aliphatic heterocycles. The number of halogens is 2. The van der Waals surface area contributed by atoms with E-state index in [9.17, 15) is 23.5 Å². The van der Waals surface area contributed by atoms with E-state index in [1.165, 1.54) is 4.57 Å². The number of carbonyl (C=O) groups is 1. The second-order valence-electron chi connectivity index (χ2n) is 11.6. The fraction of sp³-hybridized carbons (Fsp3) is 0.303. The van der Waals surface area contributed by atoms with E-state index in [-0.39, 0.29) is 36.9 Å². The number of aliphatic hydroxyl groups is 1. The second-order valence-corrected chi connectivity index (χ2v) is 11.6. The molecule has 1 saturated heterocycles. The Bertz CT molecular complexity index is 1780. The number of aryl methyl sites for hydroxylation is 1. The largest absolute Gasteiger partial charge is 0.392 e. The van der Waals surface area contributed by atoms with E-state index in [0.29, 0.717) is 53.3 Å². The lowest BCUT2D eigenvalue weighted by atomic mass is 9.94. The molecule has 228 valence electrons. The molecule has 2 aromatic heterocycles. The number of hydrogen-bond acceptors (Lipinski definition) is 7. The number of carbonyl (C=O) groups excluding carboxylic acids is 1. The van der Waals surface area contributed by atoms with Crippen LogP contribution in [0.5, 0.6) is 0 Å². The van der Waals surface area contributed by atoms with Crippen LogP contribution in [0.1, 0.15) is 27.0 Å². The van der Waals surface area contributed by atoms with Crippen molar-refractivity contribution in [1.29, 1.82) is 0 Å². The van der Waals surface area contributed by atoms with Gasteiger partial charge < -0.3 is 24.8 Å². The van der Waals surface area contributed by atoms with Gasteiger partial charge in [0.2, 0.25) is 0 Å². The third-order valence-electron chi connectivity index (χ3n) is 8.18. The Morgan fingerprint density at radius 1 is 1.05 bits per heavy atom. The minimum Gasteiger partial charge on any atom is -0.392 e. The smallest absolute Gasteiger partial charge is 0.274 e. The van der Waals surface area contributed by atoms with E-state index < -0.39 is 5.92 Å². The molecule has 2 N–H and O–H groups in total. The number of aromatic nitrogens is 2. The van der Waals surface area contributed by atoms with Gasteiger partial charge in [-0.05, 0) is 59.5 Å². The van der Waals surface area contributed by atoms with E-state index >= 15 is 0 Å². The molecule has 4 aromatic rings. The van der Waals surface area contributed by atoms with Crippen molar-refractivity contribution >= 4 is 28.8 Å². The fourth-order valence-electron chi connectivity index (χ4n) is 5.90. The molecule has 2 aliphatic rings. The van der Waals surface area contributed by atoms with Gasteiger partial charge in [-0.2, -0.15) is 0 Å². The molecule has 1 amide bonds. The first kappa shape index (κ1) is 29.5. The first-order chi connectivity index (χ1) is 21.0. The highest BCUT2D eigenvalue weighted by Crippen LogP contribution is 2.35. The van der Waals surface area contributed by atoms with E-state index in [2.05, 4.69) is 10.3 Å². The van der Waals surface area contributed by atoms with E-state index in [4.69, 9.17) is 0 Å². The van der Waals surface area contributed by atoms with Gasteiger partial charge in [0.1, 0.15) is 11.5 Å². The predicted octanol–water partition coefficient (Wildman–Crippen LogP) is 4.40. The molecule has 0 unspecified atom stereocenters. The van der Waals surface area contributed by atoms with Crippen LogP contribution in [0.2, 0.25) is 0 Å². The number of hydrogen-bond donors (Lipinski definition) is 2. The van der Waals surface area contributed by atoms with Crippen molar-refractivity contribution in [3.8, 4) is 11.1 Å². The average Bonchev–Trinajstić information content (AvgIpc) is 2.99. The number of aliphatic hydroxyl groups excluding tert-OH is 1. The molecule has 0 aliphatic carbocycles. The van der Waals surface area contributed by atoms with E-state index in [1.807, 2.05) is 55.4 Å². The van der Waals surface area contributed by atoms with E-state index in [0.717, 1.165) is 16.8 Å². The van der Waals surface area contributed by atoms with Crippen LogP contribution < -0.4 is 20.7 Å². The lowest BCUT2D eigenvalue weighted by Crippen LogP contribution is -2.55. The number of fused-ring (bicyclic) bond motifs is 1. The average molecular weight is 601 g/mol. The summed E-state index contributed by atoms with van der Waals surface area (Å²) >= 11 is 0. The Morgan fingerprint density at radius 2 is 1.84 bits per heavy atom. The minimum absolute atomic E-state index is 0.122. The maximum atomic E-state index is 13.6. The zero-order chi connectivity index (χ0) is 31.2. The molecule has 0 saturated carbocycles. The topological polar surface area (TPSA) is 93.9 Å². The number of nitrogens with one attached hydrogen (secondary N) is 1. The number of anilines is 4. The Kier molecular flexibility index (Phi) is 7.68. The van der Waals surface area contributed by atoms with Crippen molar-refractivity contribution in [2.75, 3.05) is 48.8 Å². The quantitative estimate of drug-likeness (QED) is 0.310. The summed E-state index contributed by atoms with van der Waals surface area (Å²) in [5, 5.41) is 13.6. The van der Waals surface area contributed by atoms with Crippen molar-refractivity contribution in [3.63, 3.8) is 0 Å².